The van der Waals surface area contributed by atoms with Crippen LogP contribution >= 0.6 is 12.2 Å². The highest BCUT2D eigenvalue weighted by molar-refractivity contribution is 7.71. The Labute approximate surface area is 104 Å². The molecule has 1 heterocycles. The summed E-state index contributed by atoms with van der Waals surface area (Å²) in [5.74, 6) is 0. The van der Waals surface area contributed by atoms with Gasteiger partial charge in [-0.25, -0.2) is 4.98 Å². The van der Waals surface area contributed by atoms with Crippen molar-refractivity contribution in [1.29, 1.82) is 0 Å². The maximum Gasteiger partial charge on any atom is 0.204 e. The minimum absolute atomic E-state index is 0.573. The van der Waals surface area contributed by atoms with Gasteiger partial charge in [-0.2, -0.15) is 0 Å². The quantitative estimate of drug-likeness (QED) is 0.601. The summed E-state index contributed by atoms with van der Waals surface area (Å²) in [6.07, 6.45) is 3.65. The Morgan fingerprint density at radius 1 is 0.941 bits per heavy atom. The van der Waals surface area contributed by atoms with E-state index in [0.717, 1.165) is 5.69 Å². The number of hydrogen-bond acceptors (Lipinski definition) is 2. The van der Waals surface area contributed by atoms with Crippen LogP contribution in [0.5, 0.6) is 0 Å². The highest BCUT2D eigenvalue weighted by atomic mass is 32.1. The van der Waals surface area contributed by atoms with Gasteiger partial charge in [0, 0.05) is 17.8 Å². The molecular formula is C14H10N2S. The third-order valence-corrected chi connectivity index (χ3v) is 3.04. The molecule has 82 valence electrons. The van der Waals surface area contributed by atoms with Crippen LogP contribution in [0.25, 0.3) is 16.5 Å². The number of hydrogen-bond donors (Lipinski definition) is 0. The van der Waals surface area contributed by atoms with Crippen LogP contribution in [-0.4, -0.2) is 9.55 Å². The van der Waals surface area contributed by atoms with Crippen LogP contribution in [0.15, 0.2) is 60.9 Å². The zero-order valence-corrected chi connectivity index (χ0v) is 9.89. The Morgan fingerprint density at radius 2 is 1.76 bits per heavy atom. The minimum Gasteiger partial charge on any atom is -0.292 e. The number of rotatable bonds is 1. The summed E-state index contributed by atoms with van der Waals surface area (Å²) < 4.78 is 2.50. The fraction of sp³-hybridized carbons (Fsp3) is 0. The van der Waals surface area contributed by atoms with E-state index in [-0.39, 0.29) is 0 Å². The molecule has 17 heavy (non-hydrogen) atoms. The molecule has 0 saturated carbocycles. The van der Waals surface area contributed by atoms with Gasteiger partial charge in [0.15, 0.2) is 0 Å². The summed E-state index contributed by atoms with van der Waals surface area (Å²) in [5.41, 5.74) is 1.07. The van der Waals surface area contributed by atoms with Gasteiger partial charge in [0.1, 0.15) is 0 Å². The third kappa shape index (κ3) is 1.74. The standard InChI is InChI=1S/C14H10N2S/c17-14-15-9-4-10-16(14)13-8-3-6-11-5-1-2-7-12(11)13/h1-10H. The number of aromatic nitrogens is 2. The van der Waals surface area contributed by atoms with Crippen molar-refractivity contribution in [2.45, 2.75) is 0 Å². The van der Waals surface area contributed by atoms with Crippen molar-refractivity contribution >= 4 is 23.0 Å². The molecule has 3 aromatic rings. The van der Waals surface area contributed by atoms with Gasteiger partial charge >= 0.3 is 0 Å². The lowest BCUT2D eigenvalue weighted by atomic mass is 10.1. The maximum absolute atomic E-state index is 5.25. The summed E-state index contributed by atoms with van der Waals surface area (Å²) in [7, 11) is 0. The van der Waals surface area contributed by atoms with E-state index in [4.69, 9.17) is 12.2 Å². The molecule has 0 spiro atoms. The van der Waals surface area contributed by atoms with Crippen LogP contribution < -0.4 is 0 Å². The zero-order chi connectivity index (χ0) is 11.7. The largest absolute Gasteiger partial charge is 0.292 e. The van der Waals surface area contributed by atoms with E-state index >= 15 is 0 Å². The molecule has 0 bridgehead atoms. The summed E-state index contributed by atoms with van der Waals surface area (Å²) in [4.78, 5) is 4.14. The first-order valence-electron chi connectivity index (χ1n) is 5.38. The van der Waals surface area contributed by atoms with E-state index in [2.05, 4.69) is 29.2 Å². The molecule has 3 heteroatoms. The Morgan fingerprint density at radius 3 is 2.65 bits per heavy atom. The van der Waals surface area contributed by atoms with E-state index in [1.54, 1.807) is 6.20 Å². The van der Waals surface area contributed by atoms with Crippen molar-refractivity contribution in [1.82, 2.24) is 9.55 Å². The highest BCUT2D eigenvalue weighted by Gasteiger charge is 2.02. The van der Waals surface area contributed by atoms with Crippen molar-refractivity contribution in [2.75, 3.05) is 0 Å². The lowest BCUT2D eigenvalue weighted by molar-refractivity contribution is 0.964. The van der Waals surface area contributed by atoms with Crippen LogP contribution in [-0.2, 0) is 0 Å². The van der Waals surface area contributed by atoms with Gasteiger partial charge in [-0.15, -0.1) is 0 Å². The number of benzene rings is 2. The van der Waals surface area contributed by atoms with Crippen LogP contribution in [0.4, 0.5) is 0 Å². The Balaban J connectivity index is 2.39. The maximum atomic E-state index is 5.25. The van der Waals surface area contributed by atoms with Gasteiger partial charge in [-0.05, 0) is 29.7 Å². The van der Waals surface area contributed by atoms with Crippen molar-refractivity contribution < 1.29 is 0 Å². The van der Waals surface area contributed by atoms with E-state index in [0.29, 0.717) is 4.77 Å². The topological polar surface area (TPSA) is 17.8 Å². The first-order valence-corrected chi connectivity index (χ1v) is 5.79. The average molecular weight is 238 g/mol. The fourth-order valence-corrected chi connectivity index (χ4v) is 2.18. The van der Waals surface area contributed by atoms with E-state index in [1.807, 2.05) is 35.0 Å². The Kier molecular flexibility index (Phi) is 2.46. The second kappa shape index (κ2) is 4.11. The monoisotopic (exact) mass is 238 g/mol. The second-order valence-corrected chi connectivity index (χ2v) is 4.14. The van der Waals surface area contributed by atoms with Crippen molar-refractivity contribution in [3.05, 3.63) is 65.7 Å². The number of fused-ring (bicyclic) bond motifs is 1. The smallest absolute Gasteiger partial charge is 0.204 e. The average Bonchev–Trinajstić information content (AvgIpc) is 2.39. The van der Waals surface area contributed by atoms with Gasteiger partial charge < -0.3 is 0 Å². The molecule has 0 N–H and O–H groups in total. The minimum atomic E-state index is 0.573. The summed E-state index contributed by atoms with van der Waals surface area (Å²) in [6, 6.07) is 16.3. The van der Waals surface area contributed by atoms with Gasteiger partial charge in [0.2, 0.25) is 4.77 Å². The molecule has 0 radical (unpaired) electrons. The molecule has 3 rings (SSSR count). The number of nitrogens with zero attached hydrogens (tertiary/aromatic N) is 2. The second-order valence-electron chi connectivity index (χ2n) is 3.77. The predicted molar refractivity (Wildman–Crippen MR) is 71.9 cm³/mol. The fourth-order valence-electron chi connectivity index (χ4n) is 1.96. The molecule has 0 aliphatic rings. The molecule has 1 aromatic heterocycles. The Bertz CT molecular complexity index is 726. The summed E-state index contributed by atoms with van der Waals surface area (Å²) in [6.45, 7) is 0. The molecule has 0 atom stereocenters. The van der Waals surface area contributed by atoms with E-state index in [1.165, 1.54) is 10.8 Å². The Hall–Kier alpha value is -2.00. The van der Waals surface area contributed by atoms with Crippen LogP contribution in [0, 0.1) is 4.77 Å². The highest BCUT2D eigenvalue weighted by Crippen LogP contribution is 2.21. The lowest BCUT2D eigenvalue weighted by Gasteiger charge is -2.09. The molecule has 0 amide bonds. The molecule has 2 nitrogen and oxygen atoms in total. The summed E-state index contributed by atoms with van der Waals surface area (Å²) >= 11 is 5.25. The first kappa shape index (κ1) is 10.2. The van der Waals surface area contributed by atoms with Crippen molar-refractivity contribution in [3.8, 4) is 5.69 Å². The van der Waals surface area contributed by atoms with E-state index in [9.17, 15) is 0 Å². The molecule has 0 saturated heterocycles. The molecule has 0 aliphatic carbocycles. The van der Waals surface area contributed by atoms with E-state index < -0.39 is 0 Å². The summed E-state index contributed by atoms with van der Waals surface area (Å²) in [5, 5.41) is 2.38. The van der Waals surface area contributed by atoms with Gasteiger partial charge in [0.05, 0.1) is 5.69 Å². The zero-order valence-electron chi connectivity index (χ0n) is 9.08. The normalized spacial score (nSPS) is 10.6. The van der Waals surface area contributed by atoms with Gasteiger partial charge in [0.25, 0.3) is 0 Å². The molecule has 2 aromatic carbocycles. The van der Waals surface area contributed by atoms with Gasteiger partial charge in [-0.3, -0.25) is 4.57 Å². The predicted octanol–water partition coefficient (Wildman–Crippen LogP) is 3.75. The molecular weight excluding hydrogens is 228 g/mol. The molecule has 0 aliphatic heterocycles. The SMILES string of the molecule is S=c1ncccn1-c1cccc2ccccc12. The van der Waals surface area contributed by atoms with Gasteiger partial charge in [-0.1, -0.05) is 36.4 Å². The van der Waals surface area contributed by atoms with Crippen molar-refractivity contribution in [2.24, 2.45) is 0 Å². The lowest BCUT2D eigenvalue weighted by Crippen LogP contribution is -1.98. The van der Waals surface area contributed by atoms with Crippen LogP contribution in [0.2, 0.25) is 0 Å². The third-order valence-electron chi connectivity index (χ3n) is 2.74. The van der Waals surface area contributed by atoms with Crippen molar-refractivity contribution in [3.63, 3.8) is 0 Å². The van der Waals surface area contributed by atoms with Crippen LogP contribution in [0.3, 0.4) is 0 Å². The first-order chi connectivity index (χ1) is 8.36. The van der Waals surface area contributed by atoms with Crippen LogP contribution in [0.1, 0.15) is 0 Å². The molecule has 0 fully saturated rings. The molecule has 0 unspecified atom stereocenters.